The SMILES string of the molecule is Fc1cccc[c]1[Ni].[Ni]. The Kier molecular flexibility index (Phi) is 4.09. The van der Waals surface area contributed by atoms with Crippen LogP contribution in [0.1, 0.15) is 0 Å². The molecule has 1 rings (SSSR count). The molecule has 0 radical (unpaired) electrons. The predicted molar refractivity (Wildman–Crippen MR) is 26.0 cm³/mol. The zero-order chi connectivity index (χ0) is 5.98. The Labute approximate surface area is 71.1 Å². The van der Waals surface area contributed by atoms with Crippen LogP contribution in [0.3, 0.4) is 0 Å². The van der Waals surface area contributed by atoms with Crippen molar-refractivity contribution in [1.29, 1.82) is 0 Å². The quantitative estimate of drug-likeness (QED) is 0.563. The molecule has 0 nitrogen and oxygen atoms in total. The van der Waals surface area contributed by atoms with Gasteiger partial charge in [-0.05, 0) is 0 Å². The Bertz CT molecular complexity index is 167. The third kappa shape index (κ3) is 2.47. The third-order valence-corrected chi connectivity index (χ3v) is 1.20. The topological polar surface area (TPSA) is 0 Å². The van der Waals surface area contributed by atoms with E-state index in [4.69, 9.17) is 0 Å². The van der Waals surface area contributed by atoms with Gasteiger partial charge in [-0.3, -0.25) is 0 Å². The van der Waals surface area contributed by atoms with Gasteiger partial charge in [-0.15, -0.1) is 0 Å². The number of halogens is 1. The Hall–Kier alpha value is 0.137. The van der Waals surface area contributed by atoms with E-state index in [9.17, 15) is 4.39 Å². The summed E-state index contributed by atoms with van der Waals surface area (Å²) in [6, 6.07) is 6.29. The molecule has 0 saturated heterocycles. The first-order chi connectivity index (χ1) is 3.80. The van der Waals surface area contributed by atoms with Gasteiger partial charge in [0.2, 0.25) is 0 Å². The average molecular weight is 212 g/mol. The summed E-state index contributed by atoms with van der Waals surface area (Å²) in [6.45, 7) is 0. The number of rotatable bonds is 0. The van der Waals surface area contributed by atoms with Crippen molar-refractivity contribution >= 4 is 4.53 Å². The maximum absolute atomic E-state index is 12.2. The maximum atomic E-state index is 12.2. The van der Waals surface area contributed by atoms with Gasteiger partial charge in [0.1, 0.15) is 0 Å². The molecule has 0 amide bonds. The van der Waals surface area contributed by atoms with Gasteiger partial charge in [0.25, 0.3) is 0 Å². The summed E-state index contributed by atoms with van der Waals surface area (Å²) in [6.07, 6.45) is 0. The summed E-state index contributed by atoms with van der Waals surface area (Å²) in [5, 5.41) is 0. The van der Waals surface area contributed by atoms with Crippen molar-refractivity contribution in [2.75, 3.05) is 0 Å². The van der Waals surface area contributed by atoms with E-state index in [1.807, 2.05) is 0 Å². The van der Waals surface area contributed by atoms with Gasteiger partial charge >= 0.3 is 54.5 Å². The minimum Gasteiger partial charge on any atom is 0 e. The molecule has 1 aromatic rings. The van der Waals surface area contributed by atoms with Crippen molar-refractivity contribution in [2.24, 2.45) is 0 Å². The summed E-state index contributed by atoms with van der Waals surface area (Å²) >= 11 is 4.29. The summed E-state index contributed by atoms with van der Waals surface area (Å²) in [5.41, 5.74) is 0. The van der Waals surface area contributed by atoms with Crippen LogP contribution < -0.4 is 4.53 Å². The van der Waals surface area contributed by atoms with Crippen LogP contribution in [-0.4, -0.2) is 0 Å². The van der Waals surface area contributed by atoms with E-state index in [-0.39, 0.29) is 22.3 Å². The van der Waals surface area contributed by atoms with Gasteiger partial charge in [0, 0.05) is 16.5 Å². The van der Waals surface area contributed by atoms with Crippen LogP contribution >= 0.6 is 0 Å². The van der Waals surface area contributed by atoms with Crippen molar-refractivity contribution in [2.45, 2.75) is 0 Å². The Morgan fingerprint density at radius 2 is 1.78 bits per heavy atom. The smallest absolute Gasteiger partial charge is 0 e. The van der Waals surface area contributed by atoms with Gasteiger partial charge in [0.15, 0.2) is 0 Å². The average Bonchev–Trinajstić information content (AvgIpc) is 1.77. The second kappa shape index (κ2) is 4.03. The van der Waals surface area contributed by atoms with E-state index >= 15 is 0 Å². The molecular formula is C6H4FNi2. The van der Waals surface area contributed by atoms with Crippen LogP contribution in [0.25, 0.3) is 0 Å². The Balaban J connectivity index is 0.000000640. The van der Waals surface area contributed by atoms with Crippen LogP contribution in [0.4, 0.5) is 4.39 Å². The fourth-order valence-corrected chi connectivity index (χ4v) is 0.606. The first kappa shape index (κ1) is 9.14. The standard InChI is InChI=1S/C6H4F.2Ni/c7-6-4-2-1-3-5-6;;/h1-4H;;. The second-order valence-corrected chi connectivity index (χ2v) is 1.91. The van der Waals surface area contributed by atoms with Crippen molar-refractivity contribution in [3.63, 3.8) is 0 Å². The molecule has 55 valence electrons. The monoisotopic (exact) mass is 211 g/mol. The van der Waals surface area contributed by atoms with Crippen LogP contribution in [0.5, 0.6) is 0 Å². The zero-order valence-electron chi connectivity index (χ0n) is 4.32. The number of benzene rings is 1. The Morgan fingerprint density at radius 1 is 1.22 bits per heavy atom. The zero-order valence-corrected chi connectivity index (χ0v) is 6.30. The van der Waals surface area contributed by atoms with E-state index in [1.165, 1.54) is 6.07 Å². The molecule has 0 N–H and O–H groups in total. The summed E-state index contributed by atoms with van der Waals surface area (Å²) in [5.74, 6) is -0.299. The summed E-state index contributed by atoms with van der Waals surface area (Å²) < 4.78 is 12.6. The van der Waals surface area contributed by atoms with Crippen molar-refractivity contribution in [1.82, 2.24) is 0 Å². The van der Waals surface area contributed by atoms with Crippen LogP contribution in [-0.2, 0) is 32.0 Å². The van der Waals surface area contributed by atoms with Gasteiger partial charge in [-0.1, -0.05) is 0 Å². The van der Waals surface area contributed by atoms with Crippen LogP contribution in [0.2, 0.25) is 0 Å². The molecule has 3 heteroatoms. The van der Waals surface area contributed by atoms with E-state index in [0.717, 1.165) is 0 Å². The van der Waals surface area contributed by atoms with Crippen molar-refractivity contribution < 1.29 is 36.3 Å². The molecule has 0 aliphatic rings. The first-order valence-electron chi connectivity index (χ1n) is 2.17. The minimum atomic E-state index is -0.299. The molecular weight excluding hydrogens is 208 g/mol. The normalized spacial score (nSPS) is 8.33. The minimum absolute atomic E-state index is 0. The predicted octanol–water partition coefficient (Wildman–Crippen LogP) is 0.995. The van der Waals surface area contributed by atoms with Gasteiger partial charge in [0.05, 0.1) is 0 Å². The molecule has 0 atom stereocenters. The molecule has 0 aliphatic carbocycles. The maximum Gasteiger partial charge on any atom is 0 e. The third-order valence-electron chi connectivity index (χ3n) is 0.799. The molecule has 0 aromatic heterocycles. The molecule has 0 heterocycles. The van der Waals surface area contributed by atoms with Crippen LogP contribution in [0, 0.1) is 5.82 Å². The van der Waals surface area contributed by atoms with Gasteiger partial charge in [-0.25, -0.2) is 0 Å². The molecule has 0 spiro atoms. The largest absolute Gasteiger partial charge is 0 e. The molecule has 1 aromatic carbocycles. The van der Waals surface area contributed by atoms with E-state index in [2.05, 4.69) is 15.5 Å². The van der Waals surface area contributed by atoms with Gasteiger partial charge < -0.3 is 0 Å². The summed E-state index contributed by atoms with van der Waals surface area (Å²) in [7, 11) is 0. The van der Waals surface area contributed by atoms with E-state index in [0.29, 0.717) is 4.53 Å². The molecule has 0 fully saturated rings. The number of hydrogen-bond acceptors (Lipinski definition) is 0. The van der Waals surface area contributed by atoms with Crippen molar-refractivity contribution in [3.8, 4) is 0 Å². The van der Waals surface area contributed by atoms with E-state index < -0.39 is 0 Å². The van der Waals surface area contributed by atoms with Gasteiger partial charge in [-0.2, -0.15) is 0 Å². The van der Waals surface area contributed by atoms with Crippen molar-refractivity contribution in [3.05, 3.63) is 30.1 Å². The second-order valence-electron chi connectivity index (χ2n) is 1.38. The van der Waals surface area contributed by atoms with E-state index in [1.54, 1.807) is 18.2 Å². The Morgan fingerprint density at radius 3 is 2.11 bits per heavy atom. The molecule has 0 unspecified atom stereocenters. The first-order valence-corrected chi connectivity index (χ1v) is 2.67. The van der Waals surface area contributed by atoms with Crippen LogP contribution in [0.15, 0.2) is 24.3 Å². The molecule has 0 saturated carbocycles. The molecule has 0 bridgehead atoms. The fraction of sp³-hybridized carbons (Fsp3) is 0. The summed E-state index contributed by atoms with van der Waals surface area (Å²) in [4.78, 5) is 0. The number of hydrogen-bond donors (Lipinski definition) is 0. The molecule has 9 heavy (non-hydrogen) atoms. The fourth-order valence-electron chi connectivity index (χ4n) is 0.428. The molecule has 0 aliphatic heterocycles.